The van der Waals surface area contributed by atoms with Gasteiger partial charge in [0.15, 0.2) is 0 Å². The molecule has 0 aliphatic carbocycles. The number of methoxy groups -OCH3 is 1. The number of aromatic nitrogens is 2. The van der Waals surface area contributed by atoms with Crippen LogP contribution in [0.4, 0.5) is 9.18 Å². The van der Waals surface area contributed by atoms with Gasteiger partial charge in [0.1, 0.15) is 17.9 Å². The van der Waals surface area contributed by atoms with Gasteiger partial charge < -0.3 is 19.9 Å². The van der Waals surface area contributed by atoms with Crippen molar-refractivity contribution < 1.29 is 18.7 Å². The smallest absolute Gasteiger partial charge is 0.328 e. The molecule has 0 saturated heterocycles. The number of urea groups is 1. The van der Waals surface area contributed by atoms with E-state index in [9.17, 15) is 14.0 Å². The van der Waals surface area contributed by atoms with E-state index < -0.39 is 29.9 Å². The molecule has 2 N–H and O–H groups in total. The van der Waals surface area contributed by atoms with Crippen molar-refractivity contribution in [1.82, 2.24) is 20.2 Å². The molecule has 0 radical (unpaired) electrons. The zero-order valence-electron chi connectivity index (χ0n) is 15.8. The predicted molar refractivity (Wildman–Crippen MR) is 101 cm³/mol. The van der Waals surface area contributed by atoms with Crippen molar-refractivity contribution >= 4 is 23.6 Å². The molecule has 3 rings (SSSR count). The molecule has 2 aromatic rings. The number of nitrogens with one attached hydrogen (secondary N) is 2. The molecular weight excluding hydrogens is 387 g/mol. The summed E-state index contributed by atoms with van der Waals surface area (Å²) in [4.78, 5) is 33.9. The Balaban J connectivity index is 1.98. The van der Waals surface area contributed by atoms with Gasteiger partial charge in [-0.25, -0.2) is 19.0 Å². The number of rotatable bonds is 4. The second-order valence-corrected chi connectivity index (χ2v) is 7.41. The third kappa shape index (κ3) is 3.82. The van der Waals surface area contributed by atoms with Crippen molar-refractivity contribution in [3.8, 4) is 0 Å². The molecule has 1 aliphatic heterocycles. The Morgan fingerprint density at radius 2 is 2.18 bits per heavy atom. The zero-order chi connectivity index (χ0) is 20.4. The Labute approximate surface area is 167 Å². The maximum absolute atomic E-state index is 14.6. The van der Waals surface area contributed by atoms with E-state index in [1.807, 2.05) is 0 Å². The molecule has 150 valence electrons. The van der Waals surface area contributed by atoms with Crippen LogP contribution in [0.25, 0.3) is 0 Å². The lowest BCUT2D eigenvalue weighted by Crippen LogP contribution is -2.53. The van der Waals surface area contributed by atoms with Gasteiger partial charge in [0.05, 0.1) is 19.1 Å². The van der Waals surface area contributed by atoms with Crippen molar-refractivity contribution in [3.05, 3.63) is 52.3 Å². The molecule has 0 fully saturated rings. The Hall–Kier alpha value is -2.61. The van der Waals surface area contributed by atoms with E-state index in [4.69, 9.17) is 16.3 Å². The summed E-state index contributed by atoms with van der Waals surface area (Å²) >= 11 is 6.08. The SMILES string of the molecule is COC(=O)[C@@H](NC(=O)N1CCc2[nH]cnc2[C@H]1c1cc(Cl)ccc1F)C(C)C. The number of ether oxygens (including phenoxy) is 1. The molecule has 0 bridgehead atoms. The second-order valence-electron chi connectivity index (χ2n) is 6.97. The summed E-state index contributed by atoms with van der Waals surface area (Å²) < 4.78 is 19.4. The lowest BCUT2D eigenvalue weighted by molar-refractivity contribution is -0.144. The first-order chi connectivity index (χ1) is 13.3. The average molecular weight is 409 g/mol. The summed E-state index contributed by atoms with van der Waals surface area (Å²) in [6, 6.07) is 2.13. The van der Waals surface area contributed by atoms with Crippen LogP contribution in [-0.4, -0.2) is 46.6 Å². The summed E-state index contributed by atoms with van der Waals surface area (Å²) in [5.41, 5.74) is 1.64. The highest BCUT2D eigenvalue weighted by Gasteiger charge is 2.37. The number of carbonyl (C=O) groups excluding carboxylic acids is 2. The number of nitrogens with zero attached hydrogens (tertiary/aromatic N) is 2. The number of hydrogen-bond donors (Lipinski definition) is 2. The van der Waals surface area contributed by atoms with E-state index in [2.05, 4.69) is 15.3 Å². The molecular formula is C19H22ClFN4O3. The van der Waals surface area contributed by atoms with Gasteiger partial charge in [-0.05, 0) is 24.1 Å². The number of esters is 1. The van der Waals surface area contributed by atoms with Crippen molar-refractivity contribution in [3.63, 3.8) is 0 Å². The van der Waals surface area contributed by atoms with Gasteiger partial charge in [-0.1, -0.05) is 25.4 Å². The highest BCUT2D eigenvalue weighted by atomic mass is 35.5. The molecule has 1 aliphatic rings. The molecule has 0 unspecified atom stereocenters. The molecule has 2 amide bonds. The van der Waals surface area contributed by atoms with E-state index in [0.717, 1.165) is 5.69 Å². The number of fused-ring (bicyclic) bond motifs is 1. The summed E-state index contributed by atoms with van der Waals surface area (Å²) in [6.45, 7) is 3.93. The minimum Gasteiger partial charge on any atom is -0.467 e. The van der Waals surface area contributed by atoms with Crippen molar-refractivity contribution in [2.45, 2.75) is 32.4 Å². The molecule has 2 heterocycles. The maximum Gasteiger partial charge on any atom is 0.328 e. The highest BCUT2D eigenvalue weighted by molar-refractivity contribution is 6.30. The molecule has 1 aromatic heterocycles. The number of amides is 2. The standard InChI is InChI=1S/C19H22ClFN4O3/c1-10(2)15(18(26)28-3)24-19(27)25-7-6-14-16(23-9-22-14)17(25)12-8-11(20)4-5-13(12)21/h4-5,8-10,15,17H,6-7H2,1-3H3,(H,22,23)(H,24,27)/t15-,17+/m0/s1. The highest BCUT2D eigenvalue weighted by Crippen LogP contribution is 2.35. The fourth-order valence-corrected chi connectivity index (χ4v) is 3.56. The summed E-state index contributed by atoms with van der Waals surface area (Å²) in [6.07, 6.45) is 2.05. The normalized spacial score (nSPS) is 17.2. The van der Waals surface area contributed by atoms with E-state index in [1.54, 1.807) is 13.8 Å². The van der Waals surface area contributed by atoms with E-state index in [-0.39, 0.29) is 11.5 Å². The van der Waals surface area contributed by atoms with E-state index >= 15 is 0 Å². The number of carbonyl (C=O) groups is 2. The van der Waals surface area contributed by atoms with Crippen LogP contribution in [0.3, 0.4) is 0 Å². The van der Waals surface area contributed by atoms with Crippen LogP contribution >= 0.6 is 11.6 Å². The van der Waals surface area contributed by atoms with Crippen molar-refractivity contribution in [2.75, 3.05) is 13.7 Å². The predicted octanol–water partition coefficient (Wildman–Crippen LogP) is 3.06. The zero-order valence-corrected chi connectivity index (χ0v) is 16.6. The number of hydrogen-bond acceptors (Lipinski definition) is 4. The van der Waals surface area contributed by atoms with Gasteiger partial charge in [0, 0.05) is 29.2 Å². The van der Waals surface area contributed by atoms with Crippen LogP contribution in [0, 0.1) is 11.7 Å². The second kappa shape index (κ2) is 8.18. The summed E-state index contributed by atoms with van der Waals surface area (Å²) in [5, 5.41) is 3.07. The molecule has 9 heteroatoms. The Bertz CT molecular complexity index is 886. The Kier molecular flexibility index (Phi) is 5.88. The van der Waals surface area contributed by atoms with Crippen LogP contribution in [-0.2, 0) is 16.0 Å². The maximum atomic E-state index is 14.6. The Morgan fingerprint density at radius 1 is 1.43 bits per heavy atom. The molecule has 1 aromatic carbocycles. The van der Waals surface area contributed by atoms with Crippen molar-refractivity contribution in [2.24, 2.45) is 5.92 Å². The quantitative estimate of drug-likeness (QED) is 0.761. The van der Waals surface area contributed by atoms with Crippen LogP contribution in [0.5, 0.6) is 0 Å². The molecule has 0 spiro atoms. The third-order valence-corrected chi connectivity index (χ3v) is 5.07. The van der Waals surface area contributed by atoms with Crippen LogP contribution in [0.2, 0.25) is 5.02 Å². The number of imidazole rings is 1. The largest absolute Gasteiger partial charge is 0.467 e. The van der Waals surface area contributed by atoms with Gasteiger partial charge in [-0.3, -0.25) is 0 Å². The fourth-order valence-electron chi connectivity index (χ4n) is 3.38. The molecule has 7 nitrogen and oxygen atoms in total. The average Bonchev–Trinajstić information content (AvgIpc) is 3.15. The first kappa shape index (κ1) is 20.1. The summed E-state index contributed by atoms with van der Waals surface area (Å²) in [5.74, 6) is -1.20. The van der Waals surface area contributed by atoms with Crippen LogP contribution < -0.4 is 5.32 Å². The molecule has 0 saturated carbocycles. The topological polar surface area (TPSA) is 87.3 Å². The number of aromatic amines is 1. The number of benzene rings is 1. The first-order valence-electron chi connectivity index (χ1n) is 8.95. The Morgan fingerprint density at radius 3 is 2.86 bits per heavy atom. The lowest BCUT2D eigenvalue weighted by Gasteiger charge is -2.36. The third-order valence-electron chi connectivity index (χ3n) is 4.84. The van der Waals surface area contributed by atoms with E-state index in [0.29, 0.717) is 23.7 Å². The minimum absolute atomic E-state index is 0.177. The van der Waals surface area contributed by atoms with Crippen LogP contribution in [0.1, 0.15) is 36.8 Å². The van der Waals surface area contributed by atoms with Gasteiger partial charge in [0.2, 0.25) is 0 Å². The first-order valence-corrected chi connectivity index (χ1v) is 9.33. The summed E-state index contributed by atoms with van der Waals surface area (Å²) in [7, 11) is 1.27. The fraction of sp³-hybridized carbons (Fsp3) is 0.421. The number of H-pyrrole nitrogens is 1. The lowest BCUT2D eigenvalue weighted by atomic mass is 9.95. The number of halogens is 2. The van der Waals surface area contributed by atoms with Crippen LogP contribution in [0.15, 0.2) is 24.5 Å². The van der Waals surface area contributed by atoms with Gasteiger partial charge in [0.25, 0.3) is 0 Å². The minimum atomic E-state index is -0.817. The van der Waals surface area contributed by atoms with Gasteiger partial charge >= 0.3 is 12.0 Å². The van der Waals surface area contributed by atoms with Crippen molar-refractivity contribution in [1.29, 1.82) is 0 Å². The molecule has 28 heavy (non-hydrogen) atoms. The monoisotopic (exact) mass is 408 g/mol. The van der Waals surface area contributed by atoms with Gasteiger partial charge in [-0.15, -0.1) is 0 Å². The van der Waals surface area contributed by atoms with E-state index in [1.165, 1.54) is 36.5 Å². The molecule has 2 atom stereocenters. The van der Waals surface area contributed by atoms with Gasteiger partial charge in [-0.2, -0.15) is 0 Å².